The molecule has 4 heteroatoms. The van der Waals surface area contributed by atoms with Gasteiger partial charge in [-0.25, -0.2) is 4.39 Å². The summed E-state index contributed by atoms with van der Waals surface area (Å²) in [7, 11) is 0. The van der Waals surface area contributed by atoms with E-state index in [9.17, 15) is 9.50 Å². The number of likely N-dealkylation sites (tertiary alicyclic amines) is 1. The number of benzene rings is 1. The Morgan fingerprint density at radius 3 is 2.74 bits per heavy atom. The van der Waals surface area contributed by atoms with Crippen LogP contribution in [-0.4, -0.2) is 41.3 Å². The number of aliphatic hydroxyl groups excluding tert-OH is 1. The molecule has 1 aliphatic heterocycles. The van der Waals surface area contributed by atoms with E-state index in [2.05, 4.69) is 4.90 Å². The molecule has 0 bridgehead atoms. The van der Waals surface area contributed by atoms with Gasteiger partial charge in [0.15, 0.2) is 0 Å². The molecule has 1 heterocycles. The van der Waals surface area contributed by atoms with Crippen LogP contribution in [0.4, 0.5) is 4.39 Å². The summed E-state index contributed by atoms with van der Waals surface area (Å²) in [5.41, 5.74) is 0. The first-order chi connectivity index (χ1) is 9.22. The van der Waals surface area contributed by atoms with Gasteiger partial charge >= 0.3 is 0 Å². The van der Waals surface area contributed by atoms with Crippen molar-refractivity contribution in [3.8, 4) is 5.75 Å². The lowest BCUT2D eigenvalue weighted by Crippen LogP contribution is -2.61. The summed E-state index contributed by atoms with van der Waals surface area (Å²) in [6.45, 7) is 1.66. The largest absolute Gasteiger partial charge is 0.488 e. The van der Waals surface area contributed by atoms with Gasteiger partial charge in [0.1, 0.15) is 17.7 Å². The van der Waals surface area contributed by atoms with Crippen molar-refractivity contribution < 1.29 is 14.2 Å². The van der Waals surface area contributed by atoms with Gasteiger partial charge in [0.2, 0.25) is 0 Å². The van der Waals surface area contributed by atoms with E-state index >= 15 is 0 Å². The van der Waals surface area contributed by atoms with Crippen LogP contribution in [0.1, 0.15) is 25.7 Å². The van der Waals surface area contributed by atoms with Crippen molar-refractivity contribution in [2.24, 2.45) is 0 Å². The second-order valence-corrected chi connectivity index (χ2v) is 5.57. The Morgan fingerprint density at radius 1 is 1.21 bits per heavy atom. The molecule has 104 valence electrons. The Hall–Kier alpha value is -1.13. The average Bonchev–Trinajstić information content (AvgIpc) is 2.35. The molecule has 0 aromatic heterocycles. The molecule has 2 fully saturated rings. The summed E-state index contributed by atoms with van der Waals surface area (Å²) < 4.78 is 18.8. The maximum absolute atomic E-state index is 13.0. The molecule has 1 saturated carbocycles. The highest BCUT2D eigenvalue weighted by Gasteiger charge is 2.37. The second-order valence-electron chi connectivity index (χ2n) is 5.57. The third-order valence-corrected chi connectivity index (χ3v) is 4.14. The summed E-state index contributed by atoms with van der Waals surface area (Å²) in [4.78, 5) is 2.29. The van der Waals surface area contributed by atoms with Gasteiger partial charge in [-0.1, -0.05) is 18.9 Å². The fourth-order valence-corrected chi connectivity index (χ4v) is 3.07. The average molecular weight is 265 g/mol. The number of nitrogens with zero attached hydrogens (tertiary/aromatic N) is 1. The minimum Gasteiger partial charge on any atom is -0.488 e. The monoisotopic (exact) mass is 265 g/mol. The topological polar surface area (TPSA) is 32.7 Å². The Labute approximate surface area is 113 Å². The van der Waals surface area contributed by atoms with Crippen LogP contribution in [0.5, 0.6) is 5.75 Å². The standard InChI is InChI=1S/C15H20FNO2/c16-11-4-3-5-12(8-11)19-13-9-17(10-13)14-6-1-2-7-15(14)18/h3-5,8,13-15,18H,1-2,6-7,9-10H2/t14-,15-/m1/s1. The number of rotatable bonds is 3. The third kappa shape index (κ3) is 2.90. The molecule has 2 atom stereocenters. The first-order valence-corrected chi connectivity index (χ1v) is 7.07. The van der Waals surface area contributed by atoms with Crippen LogP contribution in [0.2, 0.25) is 0 Å². The van der Waals surface area contributed by atoms with Gasteiger partial charge in [-0.05, 0) is 25.0 Å². The third-order valence-electron chi connectivity index (χ3n) is 4.14. The van der Waals surface area contributed by atoms with Crippen molar-refractivity contribution in [1.29, 1.82) is 0 Å². The van der Waals surface area contributed by atoms with E-state index in [4.69, 9.17) is 4.74 Å². The molecule has 0 radical (unpaired) electrons. The lowest BCUT2D eigenvalue weighted by molar-refractivity contribution is -0.0627. The number of hydrogen-bond donors (Lipinski definition) is 1. The van der Waals surface area contributed by atoms with Crippen LogP contribution >= 0.6 is 0 Å². The van der Waals surface area contributed by atoms with Crippen molar-refractivity contribution in [3.63, 3.8) is 0 Å². The molecular weight excluding hydrogens is 245 g/mol. The molecule has 1 aliphatic carbocycles. The summed E-state index contributed by atoms with van der Waals surface area (Å²) in [6.07, 6.45) is 4.26. The molecule has 19 heavy (non-hydrogen) atoms. The maximum Gasteiger partial charge on any atom is 0.126 e. The van der Waals surface area contributed by atoms with Gasteiger partial charge in [0.05, 0.1) is 6.10 Å². The van der Waals surface area contributed by atoms with Gasteiger partial charge in [0, 0.05) is 25.2 Å². The molecule has 1 saturated heterocycles. The molecule has 0 unspecified atom stereocenters. The van der Waals surface area contributed by atoms with E-state index in [1.807, 2.05) is 0 Å². The molecule has 3 rings (SSSR count). The zero-order valence-electron chi connectivity index (χ0n) is 11.0. The molecule has 3 nitrogen and oxygen atoms in total. The van der Waals surface area contributed by atoms with Crippen LogP contribution in [-0.2, 0) is 0 Å². The predicted molar refractivity (Wildman–Crippen MR) is 70.7 cm³/mol. The van der Waals surface area contributed by atoms with Crippen LogP contribution < -0.4 is 4.74 Å². The Balaban J connectivity index is 1.50. The number of ether oxygens (including phenoxy) is 1. The first kappa shape index (κ1) is 12.9. The van der Waals surface area contributed by atoms with Crippen molar-refractivity contribution in [2.45, 2.75) is 43.9 Å². The van der Waals surface area contributed by atoms with Crippen molar-refractivity contribution in [2.75, 3.05) is 13.1 Å². The van der Waals surface area contributed by atoms with Crippen LogP contribution in [0, 0.1) is 5.82 Å². The summed E-state index contributed by atoms with van der Waals surface area (Å²) in [6, 6.07) is 6.56. The zero-order valence-corrected chi connectivity index (χ0v) is 11.0. The van der Waals surface area contributed by atoms with Gasteiger partial charge in [-0.2, -0.15) is 0 Å². The normalized spacial score (nSPS) is 28.9. The van der Waals surface area contributed by atoms with E-state index in [1.165, 1.54) is 18.6 Å². The lowest BCUT2D eigenvalue weighted by atomic mass is 9.89. The lowest BCUT2D eigenvalue weighted by Gasteiger charge is -2.46. The molecule has 1 aromatic rings. The number of hydrogen-bond acceptors (Lipinski definition) is 3. The molecule has 2 aliphatic rings. The van der Waals surface area contributed by atoms with Gasteiger partial charge in [0.25, 0.3) is 0 Å². The Kier molecular flexibility index (Phi) is 3.71. The molecule has 1 N–H and O–H groups in total. The quantitative estimate of drug-likeness (QED) is 0.909. The van der Waals surface area contributed by atoms with E-state index in [1.54, 1.807) is 12.1 Å². The molecular formula is C15H20FNO2. The Morgan fingerprint density at radius 2 is 2.00 bits per heavy atom. The molecule has 0 spiro atoms. The van der Waals surface area contributed by atoms with Crippen LogP contribution in [0.3, 0.4) is 0 Å². The van der Waals surface area contributed by atoms with Gasteiger partial charge in [-0.15, -0.1) is 0 Å². The predicted octanol–water partition coefficient (Wildman–Crippen LogP) is 2.19. The highest BCUT2D eigenvalue weighted by atomic mass is 19.1. The SMILES string of the molecule is O[C@@H]1CCCC[C@H]1N1CC(Oc2cccc(F)c2)C1. The summed E-state index contributed by atoms with van der Waals surface area (Å²) in [5.74, 6) is 0.324. The Bertz CT molecular complexity index is 434. The zero-order chi connectivity index (χ0) is 13.2. The smallest absolute Gasteiger partial charge is 0.126 e. The molecule has 1 aromatic carbocycles. The first-order valence-electron chi connectivity index (χ1n) is 7.07. The second kappa shape index (κ2) is 5.47. The van der Waals surface area contributed by atoms with E-state index in [-0.39, 0.29) is 18.0 Å². The fourth-order valence-electron chi connectivity index (χ4n) is 3.07. The van der Waals surface area contributed by atoms with E-state index in [0.29, 0.717) is 11.8 Å². The van der Waals surface area contributed by atoms with Gasteiger partial charge < -0.3 is 9.84 Å². The van der Waals surface area contributed by atoms with Crippen LogP contribution in [0.15, 0.2) is 24.3 Å². The molecule has 0 amide bonds. The fraction of sp³-hybridized carbons (Fsp3) is 0.600. The van der Waals surface area contributed by atoms with Crippen molar-refractivity contribution in [1.82, 2.24) is 4.90 Å². The van der Waals surface area contributed by atoms with Crippen LogP contribution in [0.25, 0.3) is 0 Å². The van der Waals surface area contributed by atoms with Crippen molar-refractivity contribution >= 4 is 0 Å². The van der Waals surface area contributed by atoms with Crippen molar-refractivity contribution in [3.05, 3.63) is 30.1 Å². The van der Waals surface area contributed by atoms with E-state index in [0.717, 1.165) is 32.4 Å². The summed E-state index contributed by atoms with van der Waals surface area (Å²) >= 11 is 0. The van der Waals surface area contributed by atoms with Gasteiger partial charge in [-0.3, -0.25) is 4.90 Å². The number of halogens is 1. The minimum absolute atomic E-state index is 0.121. The highest BCUT2D eigenvalue weighted by molar-refractivity contribution is 5.23. The number of aliphatic hydroxyl groups is 1. The van der Waals surface area contributed by atoms with E-state index < -0.39 is 0 Å². The highest BCUT2D eigenvalue weighted by Crippen LogP contribution is 2.28. The summed E-state index contributed by atoms with van der Waals surface area (Å²) in [5, 5.41) is 9.98. The minimum atomic E-state index is -0.267. The maximum atomic E-state index is 13.0.